The standard InChI is InChI=1S/C8H13N5O2S2/c1-10-17(14,15)5-4-13-8-6(7(9)16)11-2-3-12-8/h2-3,10H,4-5H2,1H3,(H2,9,16)(H,12,13). The van der Waals surface area contributed by atoms with Crippen LogP contribution in [0, 0.1) is 0 Å². The molecule has 0 bridgehead atoms. The van der Waals surface area contributed by atoms with Gasteiger partial charge >= 0.3 is 0 Å². The number of nitrogens with one attached hydrogen (secondary N) is 2. The Hall–Kier alpha value is -1.32. The molecule has 0 aromatic carbocycles. The normalized spacial score (nSPS) is 11.1. The molecule has 0 aliphatic carbocycles. The van der Waals surface area contributed by atoms with Crippen molar-refractivity contribution in [3.05, 3.63) is 18.1 Å². The molecule has 1 aromatic rings. The number of thiocarbonyl (C=S) groups is 1. The van der Waals surface area contributed by atoms with E-state index in [1.165, 1.54) is 19.4 Å². The monoisotopic (exact) mass is 275 g/mol. The van der Waals surface area contributed by atoms with Crippen LogP contribution < -0.4 is 15.8 Å². The van der Waals surface area contributed by atoms with Crippen LogP contribution in [-0.2, 0) is 10.0 Å². The average Bonchev–Trinajstić information content (AvgIpc) is 2.29. The van der Waals surface area contributed by atoms with Gasteiger partial charge in [0, 0.05) is 18.9 Å². The van der Waals surface area contributed by atoms with E-state index >= 15 is 0 Å². The summed E-state index contributed by atoms with van der Waals surface area (Å²) >= 11 is 4.80. The van der Waals surface area contributed by atoms with Crippen molar-refractivity contribution in [3.8, 4) is 0 Å². The Labute approximate surface area is 105 Å². The van der Waals surface area contributed by atoms with Crippen LogP contribution in [0.1, 0.15) is 5.69 Å². The molecule has 17 heavy (non-hydrogen) atoms. The highest BCUT2D eigenvalue weighted by Crippen LogP contribution is 2.07. The Balaban J connectivity index is 2.67. The number of hydrogen-bond donors (Lipinski definition) is 3. The van der Waals surface area contributed by atoms with Gasteiger partial charge in [-0.15, -0.1) is 0 Å². The predicted octanol–water partition coefficient (Wildman–Crippen LogP) is -0.928. The molecule has 0 unspecified atom stereocenters. The molecular formula is C8H13N5O2S2. The zero-order chi connectivity index (χ0) is 12.9. The maximum atomic E-state index is 11.2. The third-order valence-electron chi connectivity index (χ3n) is 1.91. The SMILES string of the molecule is CNS(=O)(=O)CCNc1nccnc1C(N)=S. The van der Waals surface area contributed by atoms with Crippen molar-refractivity contribution in [1.29, 1.82) is 0 Å². The highest BCUT2D eigenvalue weighted by atomic mass is 32.2. The molecule has 0 radical (unpaired) electrons. The highest BCUT2D eigenvalue weighted by Gasteiger charge is 2.10. The van der Waals surface area contributed by atoms with E-state index in [0.29, 0.717) is 11.5 Å². The third-order valence-corrected chi connectivity index (χ3v) is 3.46. The predicted molar refractivity (Wildman–Crippen MR) is 69.3 cm³/mol. The van der Waals surface area contributed by atoms with Gasteiger partial charge in [-0.2, -0.15) is 0 Å². The summed E-state index contributed by atoms with van der Waals surface area (Å²) in [5.74, 6) is 0.308. The zero-order valence-corrected chi connectivity index (χ0v) is 10.8. The molecule has 7 nitrogen and oxygen atoms in total. The van der Waals surface area contributed by atoms with Crippen molar-refractivity contribution >= 4 is 33.0 Å². The van der Waals surface area contributed by atoms with Crippen LogP contribution in [0.4, 0.5) is 5.82 Å². The summed E-state index contributed by atoms with van der Waals surface area (Å²) in [5, 5.41) is 2.82. The lowest BCUT2D eigenvalue weighted by atomic mass is 10.4. The zero-order valence-electron chi connectivity index (χ0n) is 9.17. The van der Waals surface area contributed by atoms with E-state index in [9.17, 15) is 8.42 Å². The summed E-state index contributed by atoms with van der Waals surface area (Å²) in [4.78, 5) is 8.05. The Morgan fingerprint density at radius 1 is 1.47 bits per heavy atom. The minimum atomic E-state index is -3.25. The molecule has 0 aliphatic rings. The van der Waals surface area contributed by atoms with Gasteiger partial charge in [0.05, 0.1) is 5.75 Å². The van der Waals surface area contributed by atoms with Crippen LogP contribution in [0.5, 0.6) is 0 Å². The Kier molecular flexibility index (Phi) is 4.73. The van der Waals surface area contributed by atoms with Crippen molar-refractivity contribution in [1.82, 2.24) is 14.7 Å². The van der Waals surface area contributed by atoms with Crippen LogP contribution in [0.2, 0.25) is 0 Å². The molecule has 0 amide bonds. The topological polar surface area (TPSA) is 110 Å². The van der Waals surface area contributed by atoms with Gasteiger partial charge in [-0.25, -0.2) is 23.1 Å². The lowest BCUT2D eigenvalue weighted by molar-refractivity contribution is 0.588. The molecule has 1 rings (SSSR count). The van der Waals surface area contributed by atoms with Crippen LogP contribution in [0.3, 0.4) is 0 Å². The van der Waals surface area contributed by atoms with E-state index < -0.39 is 10.0 Å². The van der Waals surface area contributed by atoms with E-state index in [1.54, 1.807) is 0 Å². The maximum Gasteiger partial charge on any atom is 0.213 e. The van der Waals surface area contributed by atoms with Gasteiger partial charge in [0.25, 0.3) is 0 Å². The van der Waals surface area contributed by atoms with Gasteiger partial charge in [0.15, 0.2) is 5.82 Å². The molecule has 0 saturated heterocycles. The first kappa shape index (κ1) is 13.7. The van der Waals surface area contributed by atoms with Gasteiger partial charge in [0.1, 0.15) is 10.7 Å². The minimum Gasteiger partial charge on any atom is -0.388 e. The third kappa shape index (κ3) is 4.21. The number of anilines is 1. The molecule has 0 spiro atoms. The molecule has 0 saturated carbocycles. The Bertz CT molecular complexity index is 502. The summed E-state index contributed by atoms with van der Waals surface area (Å²) in [6.45, 7) is 0.192. The van der Waals surface area contributed by atoms with Crippen molar-refractivity contribution < 1.29 is 8.42 Å². The molecule has 0 fully saturated rings. The van der Waals surface area contributed by atoms with Crippen molar-refractivity contribution in [2.45, 2.75) is 0 Å². The second-order valence-electron chi connectivity index (χ2n) is 3.07. The number of hydrogen-bond acceptors (Lipinski definition) is 6. The van der Waals surface area contributed by atoms with E-state index in [2.05, 4.69) is 20.0 Å². The molecule has 0 aliphatic heterocycles. The van der Waals surface area contributed by atoms with Gasteiger partial charge in [-0.1, -0.05) is 12.2 Å². The van der Waals surface area contributed by atoms with E-state index in [-0.39, 0.29) is 17.3 Å². The summed E-state index contributed by atoms with van der Waals surface area (Å²) in [6, 6.07) is 0. The Morgan fingerprint density at radius 2 is 2.12 bits per heavy atom. The second-order valence-corrected chi connectivity index (χ2v) is 5.55. The van der Waals surface area contributed by atoms with Gasteiger partial charge in [-0.05, 0) is 7.05 Å². The molecule has 1 heterocycles. The number of nitrogens with two attached hydrogens (primary N) is 1. The fourth-order valence-electron chi connectivity index (χ4n) is 1.05. The Morgan fingerprint density at radius 3 is 2.71 bits per heavy atom. The van der Waals surface area contributed by atoms with Gasteiger partial charge < -0.3 is 11.1 Å². The van der Waals surface area contributed by atoms with Crippen LogP contribution in [0.25, 0.3) is 0 Å². The number of aromatic nitrogens is 2. The number of sulfonamides is 1. The summed E-state index contributed by atoms with van der Waals surface area (Å²) in [5.41, 5.74) is 5.81. The summed E-state index contributed by atoms with van der Waals surface area (Å²) < 4.78 is 24.6. The molecule has 9 heteroatoms. The fraction of sp³-hybridized carbons (Fsp3) is 0.375. The van der Waals surface area contributed by atoms with Gasteiger partial charge in [-0.3, -0.25) is 0 Å². The van der Waals surface area contributed by atoms with Crippen molar-refractivity contribution in [2.75, 3.05) is 24.7 Å². The van der Waals surface area contributed by atoms with Crippen molar-refractivity contribution in [3.63, 3.8) is 0 Å². The van der Waals surface area contributed by atoms with Crippen LogP contribution in [0.15, 0.2) is 12.4 Å². The second kappa shape index (κ2) is 5.84. The molecule has 0 atom stereocenters. The molecule has 1 aromatic heterocycles. The van der Waals surface area contributed by atoms with Gasteiger partial charge in [0.2, 0.25) is 10.0 Å². The molecule has 94 valence electrons. The molecule has 4 N–H and O–H groups in total. The van der Waals surface area contributed by atoms with Crippen LogP contribution in [-0.4, -0.2) is 42.7 Å². The minimum absolute atomic E-state index is 0.0726. The summed E-state index contributed by atoms with van der Waals surface area (Å²) in [6.07, 6.45) is 2.93. The first-order valence-electron chi connectivity index (χ1n) is 4.72. The number of nitrogens with zero attached hydrogens (tertiary/aromatic N) is 2. The van der Waals surface area contributed by atoms with E-state index in [0.717, 1.165) is 0 Å². The fourth-order valence-corrected chi connectivity index (χ4v) is 1.78. The van der Waals surface area contributed by atoms with E-state index in [4.69, 9.17) is 18.0 Å². The summed E-state index contributed by atoms with van der Waals surface area (Å²) in [7, 11) is -1.89. The number of rotatable bonds is 6. The maximum absolute atomic E-state index is 11.2. The molecular weight excluding hydrogens is 262 g/mol. The lowest BCUT2D eigenvalue weighted by Crippen LogP contribution is -2.27. The first-order valence-corrected chi connectivity index (χ1v) is 6.78. The van der Waals surface area contributed by atoms with Crippen molar-refractivity contribution in [2.24, 2.45) is 5.73 Å². The first-order chi connectivity index (χ1) is 7.96. The van der Waals surface area contributed by atoms with E-state index in [1.807, 2.05) is 0 Å². The largest absolute Gasteiger partial charge is 0.388 e. The highest BCUT2D eigenvalue weighted by molar-refractivity contribution is 7.89. The van der Waals surface area contributed by atoms with Crippen LogP contribution >= 0.6 is 12.2 Å². The average molecular weight is 275 g/mol. The lowest BCUT2D eigenvalue weighted by Gasteiger charge is -2.08. The smallest absolute Gasteiger partial charge is 0.213 e. The quantitative estimate of drug-likeness (QED) is 0.575.